The fraction of sp³-hybridized carbons (Fsp3) is 0.235. The van der Waals surface area contributed by atoms with Gasteiger partial charge in [0.25, 0.3) is 0 Å². The summed E-state index contributed by atoms with van der Waals surface area (Å²) < 4.78 is 0. The highest BCUT2D eigenvalue weighted by molar-refractivity contribution is 7.99. The number of thioether (sulfide) groups is 1. The van der Waals surface area contributed by atoms with Gasteiger partial charge in [0, 0.05) is 28.0 Å². The van der Waals surface area contributed by atoms with Gasteiger partial charge >= 0.3 is 0 Å². The van der Waals surface area contributed by atoms with E-state index in [9.17, 15) is 4.79 Å². The van der Waals surface area contributed by atoms with Crippen molar-refractivity contribution in [3.8, 4) is 0 Å². The van der Waals surface area contributed by atoms with Crippen LogP contribution in [0.15, 0.2) is 42.5 Å². The number of carbonyl (C=O) groups excluding carboxylic acids is 1. The van der Waals surface area contributed by atoms with Gasteiger partial charge in [0.1, 0.15) is 0 Å². The topological polar surface area (TPSA) is 20.3 Å². The van der Waals surface area contributed by atoms with Gasteiger partial charge in [-0.2, -0.15) is 0 Å². The van der Waals surface area contributed by atoms with Gasteiger partial charge in [0.2, 0.25) is 5.91 Å². The fourth-order valence-corrected chi connectivity index (χ4v) is 4.22. The van der Waals surface area contributed by atoms with Crippen LogP contribution in [0, 0.1) is 0 Å². The second-order valence-electron chi connectivity index (χ2n) is 5.12. The minimum atomic E-state index is 0.137. The summed E-state index contributed by atoms with van der Waals surface area (Å²) in [6, 6.07) is 13.5. The van der Waals surface area contributed by atoms with Crippen molar-refractivity contribution < 1.29 is 4.79 Å². The second kappa shape index (κ2) is 6.95. The molecule has 22 heavy (non-hydrogen) atoms. The first kappa shape index (κ1) is 15.7. The average Bonchev–Trinajstić information content (AvgIpc) is 2.94. The van der Waals surface area contributed by atoms with Crippen LogP contribution in [-0.4, -0.2) is 18.2 Å². The maximum Gasteiger partial charge on any atom is 0.237 e. The van der Waals surface area contributed by atoms with Crippen molar-refractivity contribution in [2.45, 2.75) is 12.2 Å². The number of rotatable bonds is 4. The number of halogens is 2. The molecule has 0 aromatic heterocycles. The molecule has 0 fully saturated rings. The third-order valence-corrected chi connectivity index (χ3v) is 5.37. The van der Waals surface area contributed by atoms with E-state index in [2.05, 4.69) is 6.07 Å². The highest BCUT2D eigenvalue weighted by Gasteiger charge is 2.23. The van der Waals surface area contributed by atoms with E-state index in [1.54, 1.807) is 11.8 Å². The van der Waals surface area contributed by atoms with Crippen LogP contribution in [0.5, 0.6) is 0 Å². The van der Waals surface area contributed by atoms with Gasteiger partial charge in [-0.05, 0) is 35.7 Å². The normalized spacial score (nSPS) is 13.3. The predicted octanol–water partition coefficient (Wildman–Crippen LogP) is 4.82. The lowest BCUT2D eigenvalue weighted by molar-refractivity contribution is -0.116. The molecule has 2 nitrogen and oxygen atoms in total. The highest BCUT2D eigenvalue weighted by Crippen LogP contribution is 2.30. The van der Waals surface area contributed by atoms with Gasteiger partial charge in [0.05, 0.1) is 5.75 Å². The molecule has 0 N–H and O–H groups in total. The van der Waals surface area contributed by atoms with E-state index in [1.807, 2.05) is 41.3 Å². The number of fused-ring (bicyclic) bond motifs is 1. The lowest BCUT2D eigenvalue weighted by atomic mass is 10.2. The molecule has 0 bridgehead atoms. The number of anilines is 1. The molecule has 0 spiro atoms. The Morgan fingerprint density at radius 3 is 2.59 bits per heavy atom. The molecule has 1 heterocycles. The van der Waals surface area contributed by atoms with Gasteiger partial charge in [-0.3, -0.25) is 4.79 Å². The summed E-state index contributed by atoms with van der Waals surface area (Å²) in [5, 5.41) is 1.30. The average molecular weight is 352 g/mol. The number of benzene rings is 2. The van der Waals surface area contributed by atoms with E-state index >= 15 is 0 Å². The SMILES string of the molecule is O=C(CSCc1c(Cl)cccc1Cl)N1CCc2ccccc21. The van der Waals surface area contributed by atoms with Gasteiger partial charge in [-0.25, -0.2) is 0 Å². The molecule has 0 atom stereocenters. The molecule has 0 unspecified atom stereocenters. The number of amides is 1. The van der Waals surface area contributed by atoms with E-state index in [1.165, 1.54) is 5.56 Å². The summed E-state index contributed by atoms with van der Waals surface area (Å²) in [5.74, 6) is 1.20. The zero-order chi connectivity index (χ0) is 15.5. The molecular weight excluding hydrogens is 337 g/mol. The molecule has 0 saturated heterocycles. The minimum Gasteiger partial charge on any atom is -0.311 e. The second-order valence-corrected chi connectivity index (χ2v) is 6.92. The van der Waals surface area contributed by atoms with E-state index < -0.39 is 0 Å². The quantitative estimate of drug-likeness (QED) is 0.787. The standard InChI is InChI=1S/C17H15Cl2NOS/c18-14-5-3-6-15(19)13(14)10-22-11-17(21)20-9-8-12-4-1-2-7-16(12)20/h1-7H,8-11H2. The molecular formula is C17H15Cl2NOS. The Kier molecular flexibility index (Phi) is 4.97. The summed E-state index contributed by atoms with van der Waals surface area (Å²) in [6.45, 7) is 0.769. The molecule has 0 saturated carbocycles. The van der Waals surface area contributed by atoms with Gasteiger partial charge in [-0.1, -0.05) is 47.5 Å². The summed E-state index contributed by atoms with van der Waals surface area (Å²) in [4.78, 5) is 14.3. The molecule has 1 aliphatic rings. The van der Waals surface area contributed by atoms with E-state index in [0.29, 0.717) is 21.6 Å². The zero-order valence-corrected chi connectivity index (χ0v) is 14.2. The van der Waals surface area contributed by atoms with Crippen molar-refractivity contribution >= 4 is 46.6 Å². The van der Waals surface area contributed by atoms with Crippen molar-refractivity contribution in [3.63, 3.8) is 0 Å². The van der Waals surface area contributed by atoms with Crippen LogP contribution in [0.3, 0.4) is 0 Å². The zero-order valence-electron chi connectivity index (χ0n) is 11.9. The monoisotopic (exact) mass is 351 g/mol. The van der Waals surface area contributed by atoms with Crippen LogP contribution in [0.25, 0.3) is 0 Å². The van der Waals surface area contributed by atoms with Crippen LogP contribution in [0.1, 0.15) is 11.1 Å². The number of nitrogens with zero attached hydrogens (tertiary/aromatic N) is 1. The molecule has 1 aliphatic heterocycles. The minimum absolute atomic E-state index is 0.137. The molecule has 5 heteroatoms. The first-order chi connectivity index (χ1) is 10.7. The van der Waals surface area contributed by atoms with Crippen molar-refractivity contribution in [2.75, 3.05) is 17.2 Å². The molecule has 0 radical (unpaired) electrons. The van der Waals surface area contributed by atoms with Crippen LogP contribution >= 0.6 is 35.0 Å². The van der Waals surface area contributed by atoms with Crippen LogP contribution in [-0.2, 0) is 17.0 Å². The number of hydrogen-bond acceptors (Lipinski definition) is 2. The number of hydrogen-bond donors (Lipinski definition) is 0. The summed E-state index contributed by atoms with van der Waals surface area (Å²) in [6.07, 6.45) is 0.933. The van der Waals surface area contributed by atoms with Gasteiger partial charge < -0.3 is 4.90 Å². The van der Waals surface area contributed by atoms with Crippen molar-refractivity contribution in [3.05, 3.63) is 63.6 Å². The van der Waals surface area contributed by atoms with Crippen LogP contribution in [0.4, 0.5) is 5.69 Å². The van der Waals surface area contributed by atoms with E-state index in [4.69, 9.17) is 23.2 Å². The first-order valence-corrected chi connectivity index (χ1v) is 8.97. The lowest BCUT2D eigenvalue weighted by Gasteiger charge is -2.17. The highest BCUT2D eigenvalue weighted by atomic mass is 35.5. The molecule has 3 rings (SSSR count). The Morgan fingerprint density at radius 2 is 1.82 bits per heavy atom. The Balaban J connectivity index is 1.60. The maximum absolute atomic E-state index is 12.4. The Bertz CT molecular complexity index is 685. The third kappa shape index (κ3) is 3.27. The predicted molar refractivity (Wildman–Crippen MR) is 95.1 cm³/mol. The van der Waals surface area contributed by atoms with Gasteiger partial charge in [-0.15, -0.1) is 11.8 Å². The van der Waals surface area contributed by atoms with Crippen LogP contribution < -0.4 is 4.90 Å². The summed E-state index contributed by atoms with van der Waals surface area (Å²) in [7, 11) is 0. The Morgan fingerprint density at radius 1 is 1.09 bits per heavy atom. The van der Waals surface area contributed by atoms with E-state index in [0.717, 1.165) is 24.2 Å². The first-order valence-electron chi connectivity index (χ1n) is 7.05. The third-order valence-electron chi connectivity index (χ3n) is 3.72. The van der Waals surface area contributed by atoms with Crippen molar-refractivity contribution in [2.24, 2.45) is 0 Å². The maximum atomic E-state index is 12.4. The fourth-order valence-electron chi connectivity index (χ4n) is 2.59. The Hall–Kier alpha value is -1.16. The van der Waals surface area contributed by atoms with Gasteiger partial charge in [0.15, 0.2) is 0 Å². The summed E-state index contributed by atoms with van der Waals surface area (Å²) >= 11 is 13.8. The summed E-state index contributed by atoms with van der Waals surface area (Å²) in [5.41, 5.74) is 3.18. The molecule has 2 aromatic carbocycles. The largest absolute Gasteiger partial charge is 0.311 e. The molecule has 1 amide bonds. The molecule has 0 aliphatic carbocycles. The molecule has 114 valence electrons. The smallest absolute Gasteiger partial charge is 0.237 e. The van der Waals surface area contributed by atoms with E-state index in [-0.39, 0.29) is 5.91 Å². The lowest BCUT2D eigenvalue weighted by Crippen LogP contribution is -2.30. The van der Waals surface area contributed by atoms with Crippen molar-refractivity contribution in [1.29, 1.82) is 0 Å². The van der Waals surface area contributed by atoms with Crippen molar-refractivity contribution in [1.82, 2.24) is 0 Å². The Labute approximate surface area is 144 Å². The molecule has 2 aromatic rings. The number of para-hydroxylation sites is 1. The van der Waals surface area contributed by atoms with Crippen LogP contribution in [0.2, 0.25) is 10.0 Å². The number of carbonyl (C=O) groups is 1.